The quantitative estimate of drug-likeness (QED) is 0.363. The minimum atomic E-state index is -1.27. The van der Waals surface area contributed by atoms with Crippen molar-refractivity contribution in [2.45, 2.75) is 19.7 Å². The van der Waals surface area contributed by atoms with Crippen LogP contribution in [0.5, 0.6) is 5.75 Å². The third-order valence-electron chi connectivity index (χ3n) is 6.13. The molecule has 1 aliphatic rings. The average molecular weight is 524 g/mol. The molecule has 1 amide bonds. The van der Waals surface area contributed by atoms with Gasteiger partial charge in [0.25, 0.3) is 5.91 Å². The highest BCUT2D eigenvalue weighted by Crippen LogP contribution is 2.40. The largest absolute Gasteiger partial charge is 0.488 e. The number of hydrogen-bond donors (Lipinski definition) is 1. The molecule has 1 aliphatic heterocycles. The van der Waals surface area contributed by atoms with Crippen molar-refractivity contribution in [2.24, 2.45) is 7.05 Å². The summed E-state index contributed by atoms with van der Waals surface area (Å²) in [5.74, 6) is -2.42. The summed E-state index contributed by atoms with van der Waals surface area (Å²) in [7, 11) is 1.70. The van der Waals surface area contributed by atoms with Crippen molar-refractivity contribution in [3.63, 3.8) is 0 Å². The van der Waals surface area contributed by atoms with Crippen LogP contribution in [0, 0.1) is 11.6 Å². The summed E-state index contributed by atoms with van der Waals surface area (Å²) in [6.45, 7) is -0.143. The number of hydrogen-bond acceptors (Lipinski definition) is 4. The van der Waals surface area contributed by atoms with Gasteiger partial charge in [0.05, 0.1) is 11.3 Å². The number of fused-ring (bicyclic) bond motifs is 3. The lowest BCUT2D eigenvalue weighted by Crippen LogP contribution is -2.32. The highest BCUT2D eigenvalue weighted by Gasteiger charge is 2.31. The molecular formula is C27H20ClF2N3O4. The van der Waals surface area contributed by atoms with E-state index in [1.165, 1.54) is 35.2 Å². The zero-order chi connectivity index (χ0) is 26.3. The molecule has 0 fully saturated rings. The first kappa shape index (κ1) is 24.5. The monoisotopic (exact) mass is 523 g/mol. The average Bonchev–Trinajstić information content (AvgIpc) is 3.21. The lowest BCUT2D eigenvalue weighted by molar-refractivity contribution is 0.0691. The van der Waals surface area contributed by atoms with Gasteiger partial charge >= 0.3 is 5.97 Å². The van der Waals surface area contributed by atoms with Crippen LogP contribution in [-0.2, 0) is 26.7 Å². The van der Waals surface area contributed by atoms with E-state index in [-0.39, 0.29) is 36.5 Å². The van der Waals surface area contributed by atoms with Crippen molar-refractivity contribution in [3.05, 3.63) is 105 Å². The van der Waals surface area contributed by atoms with E-state index in [4.69, 9.17) is 21.4 Å². The van der Waals surface area contributed by atoms with Crippen LogP contribution in [0.15, 0.2) is 60.7 Å². The molecular weight excluding hydrogens is 504 g/mol. The van der Waals surface area contributed by atoms with Crippen LogP contribution in [0.1, 0.15) is 37.5 Å². The molecule has 0 saturated heterocycles. The molecule has 0 spiro atoms. The van der Waals surface area contributed by atoms with Gasteiger partial charge in [-0.05, 0) is 48.0 Å². The molecule has 0 bridgehead atoms. The lowest BCUT2D eigenvalue weighted by atomic mass is 10.0. The Kier molecular flexibility index (Phi) is 6.39. The molecule has 0 unspecified atom stereocenters. The summed E-state index contributed by atoms with van der Waals surface area (Å²) in [5.41, 5.74) is 2.42. The first-order valence-corrected chi connectivity index (χ1v) is 11.6. The third-order valence-corrected chi connectivity index (χ3v) is 6.36. The lowest BCUT2D eigenvalue weighted by Gasteiger charge is -2.24. The van der Waals surface area contributed by atoms with Crippen molar-refractivity contribution in [1.29, 1.82) is 0 Å². The van der Waals surface area contributed by atoms with E-state index in [2.05, 4.69) is 5.10 Å². The van der Waals surface area contributed by atoms with E-state index < -0.39 is 23.5 Å². The van der Waals surface area contributed by atoms with E-state index >= 15 is 0 Å². The van der Waals surface area contributed by atoms with Gasteiger partial charge in [-0.1, -0.05) is 29.8 Å². The van der Waals surface area contributed by atoms with Gasteiger partial charge in [0.1, 0.15) is 24.0 Å². The van der Waals surface area contributed by atoms with Crippen LogP contribution >= 0.6 is 11.6 Å². The number of aromatic nitrogens is 2. The zero-order valence-electron chi connectivity index (χ0n) is 19.5. The fourth-order valence-corrected chi connectivity index (χ4v) is 4.57. The summed E-state index contributed by atoms with van der Waals surface area (Å²) in [5, 5.41) is 14.1. The molecule has 2 heterocycles. The van der Waals surface area contributed by atoms with Gasteiger partial charge in [-0.3, -0.25) is 9.48 Å². The first-order chi connectivity index (χ1) is 17.7. The Balaban J connectivity index is 1.55. The number of benzene rings is 3. The van der Waals surface area contributed by atoms with Crippen molar-refractivity contribution in [2.75, 3.05) is 0 Å². The smallest absolute Gasteiger partial charge is 0.335 e. The molecule has 4 aromatic rings. The summed E-state index contributed by atoms with van der Waals surface area (Å²) >= 11 is 6.19. The highest BCUT2D eigenvalue weighted by molar-refractivity contribution is 6.31. The van der Waals surface area contributed by atoms with E-state index in [1.54, 1.807) is 36.0 Å². The van der Waals surface area contributed by atoms with Crippen molar-refractivity contribution in [3.8, 4) is 17.0 Å². The molecule has 188 valence electrons. The van der Waals surface area contributed by atoms with Crippen molar-refractivity contribution < 1.29 is 28.2 Å². The maximum Gasteiger partial charge on any atom is 0.335 e. The minimum Gasteiger partial charge on any atom is -0.488 e. The predicted octanol–water partition coefficient (Wildman–Crippen LogP) is 5.45. The van der Waals surface area contributed by atoms with Gasteiger partial charge < -0.3 is 14.7 Å². The van der Waals surface area contributed by atoms with Crippen molar-refractivity contribution in [1.82, 2.24) is 14.7 Å². The first-order valence-electron chi connectivity index (χ1n) is 11.3. The molecule has 5 rings (SSSR count). The van der Waals surface area contributed by atoms with E-state index in [1.807, 2.05) is 0 Å². The van der Waals surface area contributed by atoms with Gasteiger partial charge in [-0.2, -0.15) is 5.10 Å². The number of carboxylic acids is 1. The number of aryl methyl sites for hydroxylation is 1. The summed E-state index contributed by atoms with van der Waals surface area (Å²) in [6, 6.07) is 14.4. The van der Waals surface area contributed by atoms with Crippen LogP contribution in [0.3, 0.4) is 0 Å². The molecule has 0 saturated carbocycles. The van der Waals surface area contributed by atoms with Crippen molar-refractivity contribution >= 4 is 23.5 Å². The Morgan fingerprint density at radius 1 is 1.11 bits per heavy atom. The number of carboxylic acid groups (broad SMARTS) is 1. The van der Waals surface area contributed by atoms with Crippen LogP contribution in [0.25, 0.3) is 11.3 Å². The third kappa shape index (κ3) is 4.77. The van der Waals surface area contributed by atoms with E-state index in [0.29, 0.717) is 33.2 Å². The molecule has 1 aromatic heterocycles. The number of halogens is 3. The topological polar surface area (TPSA) is 84.7 Å². The second kappa shape index (κ2) is 9.67. The maximum atomic E-state index is 14.8. The molecule has 0 atom stereocenters. The number of carbonyl (C=O) groups is 2. The SMILES string of the molecule is Cn1nc(C(=O)N(Cc2cccc(F)c2)Cc2ccc(C(=O)O)cc2F)c2c1-c1cc(Cl)ccc1OC2. The van der Waals surface area contributed by atoms with Gasteiger partial charge in [0.15, 0.2) is 5.69 Å². The van der Waals surface area contributed by atoms with Gasteiger partial charge in [0, 0.05) is 41.9 Å². The second-order valence-electron chi connectivity index (χ2n) is 8.63. The number of aromatic carboxylic acids is 1. The van der Waals surface area contributed by atoms with Crippen LogP contribution in [0.2, 0.25) is 5.02 Å². The number of carbonyl (C=O) groups excluding carboxylic acids is 1. The predicted molar refractivity (Wildman–Crippen MR) is 131 cm³/mol. The number of ether oxygens (including phenoxy) is 1. The molecule has 1 N–H and O–H groups in total. The number of nitrogens with zero attached hydrogens (tertiary/aromatic N) is 3. The van der Waals surface area contributed by atoms with Crippen LogP contribution in [-0.4, -0.2) is 31.7 Å². The fraction of sp³-hybridized carbons (Fsp3) is 0.148. The molecule has 7 nitrogen and oxygen atoms in total. The molecule has 0 aliphatic carbocycles. The Morgan fingerprint density at radius 3 is 2.65 bits per heavy atom. The molecule has 10 heteroatoms. The molecule has 3 aromatic carbocycles. The van der Waals surface area contributed by atoms with Crippen LogP contribution < -0.4 is 4.74 Å². The summed E-state index contributed by atoms with van der Waals surface area (Å²) < 4.78 is 36.1. The Labute approximate surface area is 215 Å². The molecule has 37 heavy (non-hydrogen) atoms. The highest BCUT2D eigenvalue weighted by atomic mass is 35.5. The van der Waals surface area contributed by atoms with Crippen LogP contribution in [0.4, 0.5) is 8.78 Å². The fourth-order valence-electron chi connectivity index (χ4n) is 4.40. The number of amides is 1. The summed E-state index contributed by atoms with van der Waals surface area (Å²) in [6.07, 6.45) is 0. The maximum absolute atomic E-state index is 14.8. The van der Waals surface area contributed by atoms with E-state index in [9.17, 15) is 18.4 Å². The standard InChI is InChI=1S/C27H20ClF2N3O4/c1-32-25-20-11-18(28)7-8-23(20)37-14-21(25)24(31-32)26(34)33(12-15-3-2-4-19(29)9-15)13-17-6-5-16(27(35)36)10-22(17)30/h2-11H,12-14H2,1H3,(H,35,36). The number of rotatable bonds is 6. The van der Waals surface area contributed by atoms with Gasteiger partial charge in [0.2, 0.25) is 0 Å². The van der Waals surface area contributed by atoms with E-state index in [0.717, 1.165) is 6.07 Å². The Hall–Kier alpha value is -4.24. The Bertz CT molecular complexity index is 1550. The molecule has 0 radical (unpaired) electrons. The van der Waals surface area contributed by atoms with Gasteiger partial charge in [-0.25, -0.2) is 13.6 Å². The zero-order valence-corrected chi connectivity index (χ0v) is 20.3. The minimum absolute atomic E-state index is 0.0364. The van der Waals surface area contributed by atoms with Gasteiger partial charge in [-0.15, -0.1) is 0 Å². The normalized spacial score (nSPS) is 11.9. The Morgan fingerprint density at radius 2 is 1.92 bits per heavy atom. The second-order valence-corrected chi connectivity index (χ2v) is 9.07. The summed E-state index contributed by atoms with van der Waals surface area (Å²) in [4.78, 5) is 26.4.